The molecule has 34 heavy (non-hydrogen) atoms. The van der Waals surface area contributed by atoms with E-state index in [4.69, 9.17) is 16.3 Å². The van der Waals surface area contributed by atoms with Gasteiger partial charge in [-0.05, 0) is 30.7 Å². The molecule has 0 unspecified atom stereocenters. The van der Waals surface area contributed by atoms with Gasteiger partial charge in [0.25, 0.3) is 5.91 Å². The van der Waals surface area contributed by atoms with Crippen molar-refractivity contribution in [2.75, 3.05) is 25.6 Å². The van der Waals surface area contributed by atoms with Gasteiger partial charge < -0.3 is 25.2 Å². The van der Waals surface area contributed by atoms with Gasteiger partial charge in [-0.25, -0.2) is 14.4 Å². The molecular weight excluding hydrogens is 483 g/mol. The molecule has 0 spiro atoms. The molecule has 179 valence electrons. The smallest absolute Gasteiger partial charge is 0.257 e. The molecule has 1 aliphatic rings. The molecule has 8 nitrogen and oxygen atoms in total. The summed E-state index contributed by atoms with van der Waals surface area (Å²) in [5.74, 6) is -0.210. The van der Waals surface area contributed by atoms with Crippen LogP contribution in [0.1, 0.15) is 27.7 Å². The lowest BCUT2D eigenvalue weighted by atomic mass is 10.0. The number of halogens is 2. The second-order valence-electron chi connectivity index (χ2n) is 7.82. The summed E-state index contributed by atoms with van der Waals surface area (Å²) in [5.41, 5.74) is 1.34. The van der Waals surface area contributed by atoms with Gasteiger partial charge in [0, 0.05) is 36.4 Å². The van der Waals surface area contributed by atoms with Crippen molar-refractivity contribution in [2.45, 2.75) is 25.6 Å². The van der Waals surface area contributed by atoms with E-state index in [1.54, 1.807) is 19.1 Å². The highest BCUT2D eigenvalue weighted by molar-refractivity contribution is 7.16. The molecule has 2 atom stereocenters. The molecule has 4 rings (SSSR count). The maximum Gasteiger partial charge on any atom is 0.257 e. The molecule has 2 aromatic heterocycles. The van der Waals surface area contributed by atoms with Crippen LogP contribution >= 0.6 is 22.9 Å². The fourth-order valence-electron chi connectivity index (χ4n) is 3.58. The van der Waals surface area contributed by atoms with Crippen molar-refractivity contribution < 1.29 is 24.1 Å². The number of benzene rings is 1. The van der Waals surface area contributed by atoms with Crippen LogP contribution in [0.4, 0.5) is 10.3 Å². The van der Waals surface area contributed by atoms with Crippen LogP contribution in [0.3, 0.4) is 0 Å². The van der Waals surface area contributed by atoms with Gasteiger partial charge in [0.15, 0.2) is 0 Å². The lowest BCUT2D eigenvalue weighted by molar-refractivity contribution is 0.0232. The summed E-state index contributed by atoms with van der Waals surface area (Å²) in [7, 11) is 1.43. The Morgan fingerprint density at radius 1 is 1.38 bits per heavy atom. The number of anilines is 1. The predicted molar refractivity (Wildman–Crippen MR) is 128 cm³/mol. The van der Waals surface area contributed by atoms with Gasteiger partial charge in [-0.1, -0.05) is 11.6 Å². The molecule has 3 N–H and O–H groups in total. The summed E-state index contributed by atoms with van der Waals surface area (Å²) in [4.78, 5) is 24.6. The lowest BCUT2D eigenvalue weighted by Crippen LogP contribution is -2.44. The molecule has 11 heteroatoms. The maximum atomic E-state index is 13.8. The predicted octanol–water partition coefficient (Wildman–Crippen LogP) is 3.37. The number of hydrogen-bond acceptors (Lipinski definition) is 8. The van der Waals surface area contributed by atoms with Gasteiger partial charge in [-0.15, -0.1) is 11.3 Å². The highest BCUT2D eigenvalue weighted by atomic mass is 35.5. The number of aliphatic hydroxyl groups excluding tert-OH is 2. The van der Waals surface area contributed by atoms with Crippen LogP contribution in [0.2, 0.25) is 5.02 Å². The number of carbonyl (C=O) groups excluding carboxylic acids is 1. The number of methoxy groups -OCH3 is 1. The Balaban J connectivity index is 1.55. The van der Waals surface area contributed by atoms with E-state index < -0.39 is 12.0 Å². The van der Waals surface area contributed by atoms with Crippen LogP contribution in [0.25, 0.3) is 10.6 Å². The largest absolute Gasteiger partial charge is 0.497 e. The monoisotopic (exact) mass is 505 g/mol. The standard InChI is InChI=1S/C23H23ClFN4O4S/c1-12(11-30)27-23-26-10-17(24)21(28-23)19-9-16-18(34-19)3-4-29(22(16)32)20(31)7-13-5-14(25)8-15(6-13)33-2/h5-10,12,20,30-31H,3-4,11H2,1-2H3,(H,26,27,28)/t12-,20-/m0/s1. The fraction of sp³-hybridized carbons (Fsp3) is 0.304. The average molecular weight is 506 g/mol. The molecule has 0 saturated heterocycles. The van der Waals surface area contributed by atoms with Crippen molar-refractivity contribution >= 4 is 34.8 Å². The molecule has 1 radical (unpaired) electrons. The van der Waals surface area contributed by atoms with Gasteiger partial charge in [0.2, 0.25) is 5.95 Å². The van der Waals surface area contributed by atoms with Crippen LogP contribution < -0.4 is 10.1 Å². The van der Waals surface area contributed by atoms with Crippen molar-refractivity contribution in [1.29, 1.82) is 0 Å². The van der Waals surface area contributed by atoms with Gasteiger partial charge in [-0.3, -0.25) is 4.79 Å². The number of amides is 1. The summed E-state index contributed by atoms with van der Waals surface area (Å²) >= 11 is 7.74. The summed E-state index contributed by atoms with van der Waals surface area (Å²) < 4.78 is 18.9. The zero-order valence-corrected chi connectivity index (χ0v) is 20.0. The first kappa shape index (κ1) is 24.3. The summed E-state index contributed by atoms with van der Waals surface area (Å²) in [6.45, 7) is 2.01. The Hall–Kier alpha value is -2.79. The molecule has 1 aliphatic heterocycles. The van der Waals surface area contributed by atoms with E-state index >= 15 is 0 Å². The molecule has 3 heterocycles. The maximum absolute atomic E-state index is 13.8. The van der Waals surface area contributed by atoms with Crippen molar-refractivity contribution in [3.63, 3.8) is 0 Å². The summed E-state index contributed by atoms with van der Waals surface area (Å²) in [6.07, 6.45) is 2.17. The average Bonchev–Trinajstić information content (AvgIpc) is 3.25. The third kappa shape index (κ3) is 5.15. The van der Waals surface area contributed by atoms with Gasteiger partial charge in [0.1, 0.15) is 23.5 Å². The van der Waals surface area contributed by atoms with E-state index in [1.807, 2.05) is 0 Å². The number of carbonyl (C=O) groups is 1. The Bertz CT molecular complexity index is 1210. The van der Waals surface area contributed by atoms with Gasteiger partial charge >= 0.3 is 0 Å². The number of fused-ring (bicyclic) bond motifs is 1. The Morgan fingerprint density at radius 3 is 2.91 bits per heavy atom. The first-order valence-electron chi connectivity index (χ1n) is 10.5. The van der Waals surface area contributed by atoms with Gasteiger partial charge in [-0.2, -0.15) is 0 Å². The number of nitrogens with one attached hydrogen (secondary N) is 1. The Morgan fingerprint density at radius 2 is 2.18 bits per heavy atom. The third-order valence-electron chi connectivity index (χ3n) is 5.30. The summed E-state index contributed by atoms with van der Waals surface area (Å²) in [5, 5.41) is 23.3. The molecule has 0 aliphatic carbocycles. The second-order valence-corrected chi connectivity index (χ2v) is 9.36. The molecule has 0 bridgehead atoms. The van der Waals surface area contributed by atoms with E-state index in [2.05, 4.69) is 15.3 Å². The van der Waals surface area contributed by atoms with E-state index in [9.17, 15) is 19.4 Å². The number of thiophene rings is 1. The number of nitrogens with zero attached hydrogens (tertiary/aromatic N) is 3. The SMILES string of the molecule is COc1cc(F)cc([CH][C@H](O)N2CCc3sc(-c4nc(N[C@@H](C)CO)ncc4Cl)cc3C2=O)c1. The molecular formula is C23H23ClFN4O4S. The number of aliphatic hydroxyl groups is 2. The first-order valence-corrected chi connectivity index (χ1v) is 11.7. The van der Waals surface area contributed by atoms with Crippen LogP contribution in [0.5, 0.6) is 5.75 Å². The number of aromatic nitrogens is 2. The quantitative estimate of drug-likeness (QED) is 0.431. The number of ether oxygens (including phenoxy) is 1. The molecule has 0 saturated carbocycles. The minimum atomic E-state index is -1.24. The highest BCUT2D eigenvalue weighted by Gasteiger charge is 2.32. The molecule has 1 amide bonds. The topological polar surface area (TPSA) is 108 Å². The lowest BCUT2D eigenvalue weighted by Gasteiger charge is -2.31. The van der Waals surface area contributed by atoms with Gasteiger partial charge in [0.05, 0.1) is 35.4 Å². The Kier molecular flexibility index (Phi) is 7.32. The zero-order valence-electron chi connectivity index (χ0n) is 18.5. The summed E-state index contributed by atoms with van der Waals surface area (Å²) in [6, 6.07) is 5.54. The number of rotatable bonds is 8. The normalized spacial score (nSPS) is 15.1. The van der Waals surface area contributed by atoms with E-state index in [1.165, 1.54) is 48.1 Å². The van der Waals surface area contributed by atoms with Crippen molar-refractivity contribution in [1.82, 2.24) is 14.9 Å². The van der Waals surface area contributed by atoms with E-state index in [0.29, 0.717) is 51.4 Å². The third-order valence-corrected chi connectivity index (χ3v) is 6.78. The van der Waals surface area contributed by atoms with Crippen molar-refractivity contribution in [3.8, 4) is 16.3 Å². The van der Waals surface area contributed by atoms with E-state index in [0.717, 1.165) is 4.88 Å². The molecule has 0 fully saturated rings. The van der Waals surface area contributed by atoms with Crippen molar-refractivity contribution in [2.24, 2.45) is 0 Å². The first-order chi connectivity index (χ1) is 16.3. The molecule has 3 aromatic rings. The molecule has 1 aromatic carbocycles. The van der Waals surface area contributed by atoms with Crippen molar-refractivity contribution in [3.05, 3.63) is 63.7 Å². The Labute approximate surface area is 205 Å². The second kappa shape index (κ2) is 10.2. The van der Waals surface area contributed by atoms with Crippen LogP contribution in [-0.4, -0.2) is 63.5 Å². The van der Waals surface area contributed by atoms with Crippen LogP contribution in [0.15, 0.2) is 30.5 Å². The minimum Gasteiger partial charge on any atom is -0.497 e. The number of hydrogen-bond donors (Lipinski definition) is 3. The minimum absolute atomic E-state index is 0.0826. The fourth-order valence-corrected chi connectivity index (χ4v) is 4.97. The highest BCUT2D eigenvalue weighted by Crippen LogP contribution is 2.37. The van der Waals surface area contributed by atoms with Crippen LogP contribution in [0, 0.1) is 12.2 Å². The zero-order chi connectivity index (χ0) is 24.4. The van der Waals surface area contributed by atoms with Crippen LogP contribution in [-0.2, 0) is 6.42 Å². The van der Waals surface area contributed by atoms with E-state index in [-0.39, 0.29) is 18.6 Å².